The molecule has 142 valence electrons. The van der Waals surface area contributed by atoms with Crippen LogP contribution in [0.4, 0.5) is 27.5 Å². The van der Waals surface area contributed by atoms with Crippen LogP contribution in [-0.4, -0.2) is 23.5 Å². The van der Waals surface area contributed by atoms with Gasteiger partial charge in [-0.1, -0.05) is 12.1 Å². The summed E-state index contributed by atoms with van der Waals surface area (Å²) in [5.74, 6) is 0. The standard InChI is InChI=1S/C19H23N5O3/c1-12(2)22-19(25)23-14-5-3-13(4-6-14)11-21-18-15-9-10-20-16(15)7-8-17(18)24(26)27/h3-8,12,20-21H,9-11H2,1-2H3,(H2,22,23,25). The first-order valence-electron chi connectivity index (χ1n) is 8.88. The smallest absolute Gasteiger partial charge is 0.319 e. The molecule has 2 aromatic carbocycles. The Morgan fingerprint density at radius 2 is 1.96 bits per heavy atom. The number of anilines is 3. The van der Waals surface area contributed by atoms with Crippen LogP contribution < -0.4 is 21.3 Å². The molecule has 0 aromatic heterocycles. The van der Waals surface area contributed by atoms with Crippen molar-refractivity contribution in [3.8, 4) is 0 Å². The molecule has 27 heavy (non-hydrogen) atoms. The third-order valence-electron chi connectivity index (χ3n) is 4.28. The van der Waals surface area contributed by atoms with E-state index in [0.29, 0.717) is 17.9 Å². The van der Waals surface area contributed by atoms with Gasteiger partial charge in [0.2, 0.25) is 0 Å². The van der Waals surface area contributed by atoms with E-state index in [1.54, 1.807) is 6.07 Å². The molecule has 3 rings (SSSR count). The molecule has 0 unspecified atom stereocenters. The van der Waals surface area contributed by atoms with Gasteiger partial charge < -0.3 is 21.3 Å². The molecule has 0 fully saturated rings. The maximum absolute atomic E-state index is 11.7. The lowest BCUT2D eigenvalue weighted by atomic mass is 10.1. The van der Waals surface area contributed by atoms with Crippen molar-refractivity contribution in [1.29, 1.82) is 0 Å². The van der Waals surface area contributed by atoms with E-state index in [-0.39, 0.29) is 22.7 Å². The largest absolute Gasteiger partial charge is 0.384 e. The fourth-order valence-electron chi connectivity index (χ4n) is 3.06. The molecule has 8 nitrogen and oxygen atoms in total. The van der Waals surface area contributed by atoms with E-state index in [9.17, 15) is 14.9 Å². The van der Waals surface area contributed by atoms with Crippen molar-refractivity contribution in [1.82, 2.24) is 5.32 Å². The number of nitro benzene ring substituents is 1. The molecule has 2 aromatic rings. The summed E-state index contributed by atoms with van der Waals surface area (Å²) in [5, 5.41) is 23.3. The number of hydrogen-bond donors (Lipinski definition) is 4. The number of fused-ring (bicyclic) bond motifs is 1. The second kappa shape index (κ2) is 7.94. The highest BCUT2D eigenvalue weighted by molar-refractivity contribution is 5.89. The van der Waals surface area contributed by atoms with Gasteiger partial charge in [0.1, 0.15) is 5.69 Å². The van der Waals surface area contributed by atoms with Gasteiger partial charge in [-0.25, -0.2) is 4.79 Å². The van der Waals surface area contributed by atoms with Gasteiger partial charge in [-0.15, -0.1) is 0 Å². The van der Waals surface area contributed by atoms with Crippen molar-refractivity contribution in [3.05, 3.63) is 57.6 Å². The third kappa shape index (κ3) is 4.46. The summed E-state index contributed by atoms with van der Waals surface area (Å²) in [6.45, 7) is 5.02. The van der Waals surface area contributed by atoms with Crippen molar-refractivity contribution in [2.45, 2.75) is 32.9 Å². The Labute approximate surface area is 157 Å². The molecule has 2 amide bonds. The van der Waals surface area contributed by atoms with Crippen molar-refractivity contribution in [3.63, 3.8) is 0 Å². The maximum atomic E-state index is 11.7. The number of nitrogens with zero attached hydrogens (tertiary/aromatic N) is 1. The van der Waals surface area contributed by atoms with Gasteiger partial charge in [0, 0.05) is 42.1 Å². The summed E-state index contributed by atoms with van der Waals surface area (Å²) in [4.78, 5) is 22.7. The van der Waals surface area contributed by atoms with Crippen molar-refractivity contribution in [2.24, 2.45) is 0 Å². The molecule has 1 heterocycles. The van der Waals surface area contributed by atoms with Crippen LogP contribution in [0.5, 0.6) is 0 Å². The predicted molar refractivity (Wildman–Crippen MR) is 106 cm³/mol. The Morgan fingerprint density at radius 3 is 2.63 bits per heavy atom. The first-order chi connectivity index (χ1) is 12.9. The number of hydrogen-bond acceptors (Lipinski definition) is 5. The minimum absolute atomic E-state index is 0.0614. The Balaban J connectivity index is 1.68. The number of carbonyl (C=O) groups excluding carboxylic acids is 1. The zero-order valence-corrected chi connectivity index (χ0v) is 15.3. The molecule has 8 heteroatoms. The van der Waals surface area contributed by atoms with Crippen LogP contribution in [-0.2, 0) is 13.0 Å². The first kappa shape index (κ1) is 18.5. The van der Waals surface area contributed by atoms with Crippen molar-refractivity contribution < 1.29 is 9.72 Å². The van der Waals surface area contributed by atoms with Crippen LogP contribution in [0.25, 0.3) is 0 Å². The van der Waals surface area contributed by atoms with E-state index in [2.05, 4.69) is 21.3 Å². The molecular weight excluding hydrogens is 346 g/mol. The van der Waals surface area contributed by atoms with Gasteiger partial charge in [0.15, 0.2) is 0 Å². The quantitative estimate of drug-likeness (QED) is 0.459. The van der Waals surface area contributed by atoms with Gasteiger partial charge in [0.05, 0.1) is 4.92 Å². The lowest BCUT2D eigenvalue weighted by molar-refractivity contribution is -0.384. The van der Waals surface area contributed by atoms with Crippen LogP contribution >= 0.6 is 0 Å². The molecule has 0 atom stereocenters. The normalized spacial score (nSPS) is 12.3. The van der Waals surface area contributed by atoms with Gasteiger partial charge >= 0.3 is 6.03 Å². The number of nitrogens with one attached hydrogen (secondary N) is 4. The monoisotopic (exact) mass is 369 g/mol. The minimum atomic E-state index is -0.360. The number of urea groups is 1. The average Bonchev–Trinajstić information content (AvgIpc) is 3.08. The highest BCUT2D eigenvalue weighted by Gasteiger charge is 2.23. The van der Waals surface area contributed by atoms with Crippen LogP contribution in [0.1, 0.15) is 25.0 Å². The van der Waals surface area contributed by atoms with Gasteiger partial charge in [0.25, 0.3) is 5.69 Å². The summed E-state index contributed by atoms with van der Waals surface area (Å²) in [6, 6.07) is 10.5. The van der Waals surface area contributed by atoms with Crippen LogP contribution in [0.3, 0.4) is 0 Å². The Hall–Kier alpha value is -3.29. The number of benzene rings is 2. The van der Waals surface area contributed by atoms with Crippen LogP contribution in [0, 0.1) is 10.1 Å². The fourth-order valence-corrected chi connectivity index (χ4v) is 3.06. The SMILES string of the molecule is CC(C)NC(=O)Nc1ccc(CNc2c([N+](=O)[O-])ccc3c2CCN3)cc1. The lowest BCUT2D eigenvalue weighted by Crippen LogP contribution is -2.34. The van der Waals surface area contributed by atoms with Crippen molar-refractivity contribution >= 4 is 28.8 Å². The highest BCUT2D eigenvalue weighted by atomic mass is 16.6. The van der Waals surface area contributed by atoms with E-state index in [4.69, 9.17) is 0 Å². The molecule has 0 bridgehead atoms. The van der Waals surface area contributed by atoms with Gasteiger partial charge in [-0.2, -0.15) is 0 Å². The summed E-state index contributed by atoms with van der Waals surface area (Å²) >= 11 is 0. The topological polar surface area (TPSA) is 108 Å². The van der Waals surface area contributed by atoms with Gasteiger partial charge in [-0.3, -0.25) is 10.1 Å². The average molecular weight is 369 g/mol. The molecule has 0 saturated carbocycles. The van der Waals surface area contributed by atoms with E-state index in [1.807, 2.05) is 38.1 Å². The zero-order chi connectivity index (χ0) is 19.4. The van der Waals surface area contributed by atoms with E-state index < -0.39 is 0 Å². The first-order valence-corrected chi connectivity index (χ1v) is 8.88. The molecule has 0 spiro atoms. The Kier molecular flexibility index (Phi) is 5.44. The molecule has 1 aliphatic heterocycles. The number of carbonyl (C=O) groups is 1. The Bertz CT molecular complexity index is 849. The number of nitro groups is 1. The third-order valence-corrected chi connectivity index (χ3v) is 4.28. The second-order valence-corrected chi connectivity index (χ2v) is 6.72. The molecular formula is C19H23N5O3. The maximum Gasteiger partial charge on any atom is 0.319 e. The van der Waals surface area contributed by atoms with E-state index >= 15 is 0 Å². The molecule has 4 N–H and O–H groups in total. The zero-order valence-electron chi connectivity index (χ0n) is 15.3. The number of rotatable bonds is 6. The molecule has 0 radical (unpaired) electrons. The minimum Gasteiger partial charge on any atom is -0.384 e. The molecule has 1 aliphatic rings. The highest BCUT2D eigenvalue weighted by Crippen LogP contribution is 2.37. The van der Waals surface area contributed by atoms with Crippen LogP contribution in [0.15, 0.2) is 36.4 Å². The fraction of sp³-hybridized carbons (Fsp3) is 0.316. The lowest BCUT2D eigenvalue weighted by Gasteiger charge is -2.13. The van der Waals surface area contributed by atoms with E-state index in [1.165, 1.54) is 6.07 Å². The summed E-state index contributed by atoms with van der Waals surface area (Å²) in [6.07, 6.45) is 0.757. The summed E-state index contributed by atoms with van der Waals surface area (Å²) in [5.41, 5.74) is 4.20. The predicted octanol–water partition coefficient (Wildman–Crippen LogP) is 3.70. The van der Waals surface area contributed by atoms with Gasteiger partial charge in [-0.05, 0) is 44.0 Å². The summed E-state index contributed by atoms with van der Waals surface area (Å²) in [7, 11) is 0. The molecule has 0 aliphatic carbocycles. The summed E-state index contributed by atoms with van der Waals surface area (Å²) < 4.78 is 0. The molecule has 0 saturated heterocycles. The Morgan fingerprint density at radius 1 is 1.22 bits per heavy atom. The number of amides is 2. The van der Waals surface area contributed by atoms with Crippen LogP contribution in [0.2, 0.25) is 0 Å². The second-order valence-electron chi connectivity index (χ2n) is 6.72. The van der Waals surface area contributed by atoms with Crippen molar-refractivity contribution in [2.75, 3.05) is 22.5 Å². The van der Waals surface area contributed by atoms with E-state index in [0.717, 1.165) is 29.8 Å².